The Bertz CT molecular complexity index is 1370. The third-order valence-electron chi connectivity index (χ3n) is 6.30. The summed E-state index contributed by atoms with van der Waals surface area (Å²) in [6.45, 7) is 6.36. The highest BCUT2D eigenvalue weighted by Gasteiger charge is 2.14. The first-order valence-corrected chi connectivity index (χ1v) is 11.6. The topological polar surface area (TPSA) is 76.7 Å². The van der Waals surface area contributed by atoms with Gasteiger partial charge in [0.05, 0.1) is 29.0 Å². The van der Waals surface area contributed by atoms with Crippen molar-refractivity contribution in [3.8, 4) is 35.2 Å². The average Bonchev–Trinajstić information content (AvgIpc) is 3.36. The Morgan fingerprint density at radius 1 is 0.971 bits per heavy atom. The Morgan fingerprint density at radius 3 is 2.54 bits per heavy atom. The van der Waals surface area contributed by atoms with Gasteiger partial charge in [0.15, 0.2) is 0 Å². The van der Waals surface area contributed by atoms with Crippen LogP contribution in [0.3, 0.4) is 0 Å². The monoisotopic (exact) mass is 459 g/mol. The zero-order valence-electron chi connectivity index (χ0n) is 20.0. The van der Waals surface area contributed by atoms with Crippen molar-refractivity contribution in [1.29, 1.82) is 0 Å². The van der Waals surface area contributed by atoms with Gasteiger partial charge in [-0.3, -0.25) is 15.0 Å². The molecular weight excluding hydrogens is 430 g/mol. The van der Waals surface area contributed by atoms with E-state index in [0.717, 1.165) is 45.9 Å². The van der Waals surface area contributed by atoms with Crippen LogP contribution < -0.4 is 11.1 Å². The van der Waals surface area contributed by atoms with Crippen molar-refractivity contribution in [1.82, 2.24) is 15.0 Å². The van der Waals surface area contributed by atoms with Crippen LogP contribution >= 0.6 is 0 Å². The smallest absolute Gasteiger partial charge is 0.0708 e. The van der Waals surface area contributed by atoms with Crippen molar-refractivity contribution in [2.24, 2.45) is 0 Å². The maximum absolute atomic E-state index is 6.23. The van der Waals surface area contributed by atoms with Crippen molar-refractivity contribution in [2.45, 2.75) is 32.6 Å². The number of hydrogen-bond acceptors (Lipinski definition) is 5. The van der Waals surface area contributed by atoms with Gasteiger partial charge in [0, 0.05) is 41.8 Å². The van der Waals surface area contributed by atoms with E-state index >= 15 is 0 Å². The number of fused-ring (bicyclic) bond motifs is 1. The van der Waals surface area contributed by atoms with Crippen LogP contribution in [0.15, 0.2) is 79.5 Å². The number of nitrogens with one attached hydrogen (secondary N) is 1. The molecule has 35 heavy (non-hydrogen) atoms. The van der Waals surface area contributed by atoms with E-state index in [2.05, 4.69) is 59.8 Å². The van der Waals surface area contributed by atoms with E-state index in [-0.39, 0.29) is 0 Å². The van der Waals surface area contributed by atoms with E-state index in [9.17, 15) is 0 Å². The standard InChI is InChI=1S/C28H27N5.C2H2/c1-18(14-27-25(29)8-9-26(33-27)21-10-12-30-13-11-21)32-28-17-31-16-24(19(28)2)23-7-6-20-4-3-5-22(20)15-23;1-2/h6-13,15-17,32H,1,3-5,14,29H2,2H3;1-2H. The molecule has 0 bridgehead atoms. The Morgan fingerprint density at radius 2 is 1.74 bits per heavy atom. The molecule has 5 rings (SSSR count). The zero-order valence-corrected chi connectivity index (χ0v) is 20.0. The second kappa shape index (κ2) is 10.7. The van der Waals surface area contributed by atoms with Gasteiger partial charge >= 0.3 is 0 Å². The van der Waals surface area contributed by atoms with Crippen LogP contribution in [0.25, 0.3) is 22.4 Å². The number of pyridine rings is 3. The predicted octanol–water partition coefficient (Wildman–Crippen LogP) is 6.00. The molecule has 0 saturated heterocycles. The summed E-state index contributed by atoms with van der Waals surface area (Å²) in [6.07, 6.45) is 19.4. The molecular formula is C30H29N5. The number of aromatic nitrogens is 3. The van der Waals surface area contributed by atoms with Gasteiger partial charge in [-0.05, 0) is 72.7 Å². The number of nitrogens with zero attached hydrogens (tertiary/aromatic N) is 3. The molecule has 5 heteroatoms. The molecule has 3 heterocycles. The van der Waals surface area contributed by atoms with Gasteiger partial charge in [0.1, 0.15) is 0 Å². The normalized spacial score (nSPS) is 11.7. The first-order chi connectivity index (χ1) is 17.1. The molecule has 1 aliphatic rings. The molecule has 0 atom stereocenters. The van der Waals surface area contributed by atoms with E-state index < -0.39 is 0 Å². The Labute approximate surface area is 207 Å². The molecule has 1 aliphatic carbocycles. The molecule has 0 fully saturated rings. The highest BCUT2D eigenvalue weighted by Crippen LogP contribution is 2.32. The number of terminal acetylenes is 1. The summed E-state index contributed by atoms with van der Waals surface area (Å²) in [7, 11) is 0. The quantitative estimate of drug-likeness (QED) is 0.346. The van der Waals surface area contributed by atoms with Crippen LogP contribution in [0, 0.1) is 19.8 Å². The number of nitrogens with two attached hydrogens (primary N) is 1. The second-order valence-corrected chi connectivity index (χ2v) is 8.57. The van der Waals surface area contributed by atoms with E-state index in [4.69, 9.17) is 10.7 Å². The molecule has 3 aromatic heterocycles. The molecule has 0 unspecified atom stereocenters. The fourth-order valence-electron chi connectivity index (χ4n) is 4.46. The molecule has 5 nitrogen and oxygen atoms in total. The molecule has 0 saturated carbocycles. The summed E-state index contributed by atoms with van der Waals surface area (Å²) in [6, 6.07) is 14.5. The SMILES string of the molecule is C#C.C=C(Cc1nc(-c2ccncc2)ccc1N)Nc1cncc(-c2ccc3c(c2)CCC3)c1C. The molecule has 3 N–H and O–H groups in total. The van der Waals surface area contributed by atoms with Gasteiger partial charge in [-0.1, -0.05) is 24.8 Å². The lowest BCUT2D eigenvalue weighted by atomic mass is 9.98. The minimum Gasteiger partial charge on any atom is -0.397 e. The lowest BCUT2D eigenvalue weighted by Gasteiger charge is -2.16. The molecule has 1 aromatic carbocycles. The molecule has 0 radical (unpaired) electrons. The van der Waals surface area contributed by atoms with Gasteiger partial charge in [-0.25, -0.2) is 0 Å². The summed E-state index contributed by atoms with van der Waals surface area (Å²) in [4.78, 5) is 13.4. The van der Waals surface area contributed by atoms with Gasteiger partial charge in [-0.15, -0.1) is 12.8 Å². The number of rotatable bonds is 6. The van der Waals surface area contributed by atoms with Crippen LogP contribution in [0.5, 0.6) is 0 Å². The van der Waals surface area contributed by atoms with E-state index in [1.807, 2.05) is 36.7 Å². The van der Waals surface area contributed by atoms with Crippen LogP contribution in [-0.4, -0.2) is 15.0 Å². The summed E-state index contributed by atoms with van der Waals surface area (Å²) in [5.74, 6) is 0. The lowest BCUT2D eigenvalue weighted by Crippen LogP contribution is -2.07. The molecule has 174 valence electrons. The highest BCUT2D eigenvalue weighted by molar-refractivity contribution is 5.74. The van der Waals surface area contributed by atoms with Crippen molar-refractivity contribution < 1.29 is 0 Å². The van der Waals surface area contributed by atoms with Crippen LogP contribution in [0.4, 0.5) is 11.4 Å². The number of nitrogen functional groups attached to an aromatic ring is 1. The van der Waals surface area contributed by atoms with Gasteiger partial charge < -0.3 is 11.1 Å². The number of aryl methyl sites for hydroxylation is 2. The third-order valence-corrected chi connectivity index (χ3v) is 6.30. The first-order valence-electron chi connectivity index (χ1n) is 11.6. The number of benzene rings is 1. The molecule has 0 aliphatic heterocycles. The Balaban J connectivity index is 0.00000141. The molecule has 0 amide bonds. The number of anilines is 2. The van der Waals surface area contributed by atoms with Crippen molar-refractivity contribution in [3.63, 3.8) is 0 Å². The first kappa shape index (κ1) is 23.7. The van der Waals surface area contributed by atoms with Crippen LogP contribution in [0.2, 0.25) is 0 Å². The lowest BCUT2D eigenvalue weighted by molar-refractivity contribution is 0.912. The van der Waals surface area contributed by atoms with Gasteiger partial charge in [-0.2, -0.15) is 0 Å². The van der Waals surface area contributed by atoms with Gasteiger partial charge in [0.25, 0.3) is 0 Å². The maximum Gasteiger partial charge on any atom is 0.0708 e. The highest BCUT2D eigenvalue weighted by atomic mass is 14.9. The Hall–Kier alpha value is -4.43. The van der Waals surface area contributed by atoms with Crippen molar-refractivity contribution in [2.75, 3.05) is 11.1 Å². The average molecular weight is 460 g/mol. The van der Waals surface area contributed by atoms with Crippen molar-refractivity contribution >= 4 is 11.4 Å². The zero-order chi connectivity index (χ0) is 24.8. The summed E-state index contributed by atoms with van der Waals surface area (Å²) in [5.41, 5.74) is 17.8. The molecule has 4 aromatic rings. The van der Waals surface area contributed by atoms with Crippen molar-refractivity contribution in [3.05, 3.63) is 102 Å². The molecule has 0 spiro atoms. The fourth-order valence-corrected chi connectivity index (χ4v) is 4.46. The third kappa shape index (κ3) is 5.23. The summed E-state index contributed by atoms with van der Waals surface area (Å²) < 4.78 is 0. The minimum absolute atomic E-state index is 0.521. The minimum atomic E-state index is 0.521. The van der Waals surface area contributed by atoms with Crippen LogP contribution in [0.1, 0.15) is 28.8 Å². The van der Waals surface area contributed by atoms with Gasteiger partial charge in [0.2, 0.25) is 0 Å². The number of hydrogen-bond donors (Lipinski definition) is 2. The summed E-state index contributed by atoms with van der Waals surface area (Å²) in [5, 5.41) is 3.45. The Kier molecular flexibility index (Phi) is 7.23. The maximum atomic E-state index is 6.23. The van der Waals surface area contributed by atoms with Crippen LogP contribution in [-0.2, 0) is 19.3 Å². The predicted molar refractivity (Wildman–Crippen MR) is 145 cm³/mol. The number of allylic oxidation sites excluding steroid dienone is 1. The summed E-state index contributed by atoms with van der Waals surface area (Å²) >= 11 is 0. The van der Waals surface area contributed by atoms with E-state index in [0.29, 0.717) is 12.1 Å². The largest absolute Gasteiger partial charge is 0.397 e. The van der Waals surface area contributed by atoms with E-state index in [1.54, 1.807) is 12.4 Å². The fraction of sp³-hybridized carbons (Fsp3) is 0.167. The van der Waals surface area contributed by atoms with E-state index in [1.165, 1.54) is 29.5 Å². The second-order valence-electron chi connectivity index (χ2n) is 8.57.